The van der Waals surface area contributed by atoms with Gasteiger partial charge in [0, 0.05) is 13.0 Å². The minimum atomic E-state index is -0.856. The highest BCUT2D eigenvalue weighted by Crippen LogP contribution is 2.21. The van der Waals surface area contributed by atoms with Crippen LogP contribution in [0.3, 0.4) is 0 Å². The zero-order valence-electron chi connectivity index (χ0n) is 29.0. The smallest absolute Gasteiger partial charge is 0.329 e. The van der Waals surface area contributed by atoms with Crippen LogP contribution >= 0.6 is 0 Å². The van der Waals surface area contributed by atoms with E-state index in [4.69, 9.17) is 9.47 Å². The molecule has 0 unspecified atom stereocenters. The Bertz CT molecular complexity index is 1130. The first kappa shape index (κ1) is 38.3. The first-order valence-corrected chi connectivity index (χ1v) is 18.5. The van der Waals surface area contributed by atoms with E-state index in [1.165, 1.54) is 77.0 Å². The van der Waals surface area contributed by atoms with Crippen molar-refractivity contribution in [3.8, 4) is 0 Å². The van der Waals surface area contributed by atoms with E-state index in [9.17, 15) is 14.4 Å². The lowest BCUT2D eigenvalue weighted by molar-refractivity contribution is -0.155. The second kappa shape index (κ2) is 24.0. The number of hydrogen-bond acceptors (Lipinski definition) is 5. The van der Waals surface area contributed by atoms with E-state index in [1.807, 2.05) is 60.7 Å². The Morgan fingerprint density at radius 1 is 0.723 bits per heavy atom. The van der Waals surface area contributed by atoms with Crippen molar-refractivity contribution in [3.05, 3.63) is 71.8 Å². The van der Waals surface area contributed by atoms with Crippen molar-refractivity contribution < 1.29 is 23.9 Å². The third-order valence-corrected chi connectivity index (χ3v) is 9.07. The summed E-state index contributed by atoms with van der Waals surface area (Å²) in [6, 6.07) is 17.8. The lowest BCUT2D eigenvalue weighted by atomic mass is 10.0. The normalized spacial score (nSPS) is 15.0. The van der Waals surface area contributed by atoms with Gasteiger partial charge < -0.3 is 19.7 Å². The summed E-state index contributed by atoms with van der Waals surface area (Å²) in [6.45, 7) is 3.26. The van der Waals surface area contributed by atoms with Gasteiger partial charge in [-0.1, -0.05) is 157 Å². The highest BCUT2D eigenvalue weighted by Gasteiger charge is 2.38. The standard InChI is InChI=1S/C40H60N2O5/c1-2-3-4-5-6-7-8-9-10-11-12-13-14-15-22-29-38(43)41-36(33-46-31-34-24-18-16-19-25-34)39(44)42-30-23-28-37(42)40(45)47-32-35-26-20-17-21-27-35/h16-21,24-27,36-37H,2-15,22-23,28-33H2,1H3,(H,41,43)/t36-,37-/m0/s1. The summed E-state index contributed by atoms with van der Waals surface area (Å²) in [5.74, 6) is -0.849. The molecule has 0 aromatic heterocycles. The summed E-state index contributed by atoms with van der Waals surface area (Å²) in [5.41, 5.74) is 1.89. The van der Waals surface area contributed by atoms with Gasteiger partial charge in [0.25, 0.3) is 0 Å². The van der Waals surface area contributed by atoms with Gasteiger partial charge >= 0.3 is 5.97 Å². The molecule has 0 radical (unpaired) electrons. The number of likely N-dealkylation sites (tertiary alicyclic amines) is 1. The van der Waals surface area contributed by atoms with Gasteiger partial charge in [-0.3, -0.25) is 9.59 Å². The Morgan fingerprint density at radius 3 is 1.79 bits per heavy atom. The first-order valence-electron chi connectivity index (χ1n) is 18.5. The third-order valence-electron chi connectivity index (χ3n) is 9.07. The highest BCUT2D eigenvalue weighted by atomic mass is 16.5. The van der Waals surface area contributed by atoms with Crippen LogP contribution in [0.15, 0.2) is 60.7 Å². The minimum Gasteiger partial charge on any atom is -0.459 e. The van der Waals surface area contributed by atoms with Crippen molar-refractivity contribution in [3.63, 3.8) is 0 Å². The molecule has 7 nitrogen and oxygen atoms in total. The topological polar surface area (TPSA) is 84.9 Å². The Labute approximate surface area is 284 Å². The van der Waals surface area contributed by atoms with Gasteiger partial charge in [-0.25, -0.2) is 4.79 Å². The fourth-order valence-electron chi connectivity index (χ4n) is 6.27. The Balaban J connectivity index is 1.37. The van der Waals surface area contributed by atoms with Gasteiger partial charge in [0.1, 0.15) is 18.7 Å². The number of benzene rings is 2. The van der Waals surface area contributed by atoms with Crippen molar-refractivity contribution in [1.29, 1.82) is 0 Å². The largest absolute Gasteiger partial charge is 0.459 e. The van der Waals surface area contributed by atoms with Crippen LogP contribution in [0.2, 0.25) is 0 Å². The van der Waals surface area contributed by atoms with Gasteiger partial charge in [-0.05, 0) is 30.4 Å². The molecule has 47 heavy (non-hydrogen) atoms. The van der Waals surface area contributed by atoms with Gasteiger partial charge in [0.15, 0.2) is 0 Å². The summed E-state index contributed by atoms with van der Waals surface area (Å²) in [7, 11) is 0. The van der Waals surface area contributed by atoms with Gasteiger partial charge in [-0.15, -0.1) is 0 Å². The number of nitrogens with zero attached hydrogens (tertiary/aromatic N) is 1. The summed E-state index contributed by atoms with van der Waals surface area (Å²) < 4.78 is 11.5. The molecule has 3 rings (SSSR count). The molecule has 0 spiro atoms. The molecule has 2 atom stereocenters. The summed E-state index contributed by atoms with van der Waals surface area (Å²) in [6.07, 6.45) is 20.7. The molecule has 1 aliphatic rings. The number of carbonyl (C=O) groups excluding carboxylic acids is 3. The van der Waals surface area contributed by atoms with Crippen LogP contribution in [0.25, 0.3) is 0 Å². The van der Waals surface area contributed by atoms with Crippen molar-refractivity contribution in [2.45, 2.75) is 148 Å². The van der Waals surface area contributed by atoms with Gasteiger partial charge in [-0.2, -0.15) is 0 Å². The molecule has 0 bridgehead atoms. The molecule has 1 fully saturated rings. The predicted octanol–water partition coefficient (Wildman–Crippen LogP) is 8.68. The molecule has 0 saturated carbocycles. The number of rotatable bonds is 25. The average Bonchev–Trinajstić information content (AvgIpc) is 3.59. The Morgan fingerprint density at radius 2 is 1.23 bits per heavy atom. The lowest BCUT2D eigenvalue weighted by Gasteiger charge is -2.28. The Hall–Kier alpha value is -3.19. The number of unbranched alkanes of at least 4 members (excludes halogenated alkanes) is 14. The molecule has 2 aromatic rings. The van der Waals surface area contributed by atoms with E-state index >= 15 is 0 Å². The van der Waals surface area contributed by atoms with Gasteiger partial charge in [0.05, 0.1) is 13.2 Å². The predicted molar refractivity (Wildman–Crippen MR) is 189 cm³/mol. The first-order chi connectivity index (χ1) is 23.1. The number of hydrogen-bond donors (Lipinski definition) is 1. The quantitative estimate of drug-likeness (QED) is 0.0860. The molecule has 260 valence electrons. The summed E-state index contributed by atoms with van der Waals surface area (Å²) in [5, 5.41) is 2.94. The van der Waals surface area contributed by atoms with Crippen LogP contribution < -0.4 is 5.32 Å². The fourth-order valence-corrected chi connectivity index (χ4v) is 6.27. The maximum atomic E-state index is 13.7. The minimum absolute atomic E-state index is 0.0423. The van der Waals surface area contributed by atoms with Crippen molar-refractivity contribution in [1.82, 2.24) is 10.2 Å². The third kappa shape index (κ3) is 16.0. The van der Waals surface area contributed by atoms with E-state index in [1.54, 1.807) is 4.90 Å². The molecular weight excluding hydrogens is 588 g/mol. The fraction of sp³-hybridized carbons (Fsp3) is 0.625. The van der Waals surface area contributed by atoms with Crippen molar-refractivity contribution >= 4 is 17.8 Å². The van der Waals surface area contributed by atoms with Crippen LogP contribution in [0.4, 0.5) is 0 Å². The monoisotopic (exact) mass is 648 g/mol. The molecule has 1 saturated heterocycles. The zero-order valence-corrected chi connectivity index (χ0v) is 29.0. The molecule has 1 heterocycles. The Kier molecular flexibility index (Phi) is 19.6. The van der Waals surface area contributed by atoms with E-state index < -0.39 is 18.1 Å². The number of carbonyl (C=O) groups is 3. The van der Waals surface area contributed by atoms with Crippen LogP contribution in [0, 0.1) is 0 Å². The number of amides is 2. The van der Waals surface area contributed by atoms with Crippen LogP contribution in [0.5, 0.6) is 0 Å². The van der Waals surface area contributed by atoms with Crippen molar-refractivity contribution in [2.24, 2.45) is 0 Å². The van der Waals surface area contributed by atoms with E-state index in [2.05, 4.69) is 12.2 Å². The lowest BCUT2D eigenvalue weighted by Crippen LogP contribution is -2.53. The molecule has 1 N–H and O–H groups in total. The molecular formula is C40H60N2O5. The number of nitrogens with one attached hydrogen (secondary N) is 1. The average molecular weight is 649 g/mol. The maximum Gasteiger partial charge on any atom is 0.329 e. The van der Waals surface area contributed by atoms with E-state index in [0.717, 1.165) is 30.4 Å². The molecule has 7 heteroatoms. The highest BCUT2D eigenvalue weighted by molar-refractivity contribution is 5.91. The van der Waals surface area contributed by atoms with E-state index in [0.29, 0.717) is 32.4 Å². The molecule has 1 aliphatic heterocycles. The maximum absolute atomic E-state index is 13.7. The molecule has 2 amide bonds. The zero-order chi connectivity index (χ0) is 33.4. The summed E-state index contributed by atoms with van der Waals surface area (Å²) in [4.78, 5) is 41.3. The second-order valence-corrected chi connectivity index (χ2v) is 13.1. The van der Waals surface area contributed by atoms with Gasteiger partial charge in [0.2, 0.25) is 11.8 Å². The number of ether oxygens (including phenoxy) is 2. The summed E-state index contributed by atoms with van der Waals surface area (Å²) >= 11 is 0. The SMILES string of the molecule is CCCCCCCCCCCCCCCCCC(=O)N[C@@H](COCc1ccccc1)C(=O)N1CCC[C@H]1C(=O)OCc1ccccc1. The molecule has 0 aliphatic carbocycles. The van der Waals surface area contributed by atoms with Crippen molar-refractivity contribution in [2.75, 3.05) is 13.2 Å². The van der Waals surface area contributed by atoms with Crippen LogP contribution in [-0.2, 0) is 37.1 Å². The van der Waals surface area contributed by atoms with Crippen LogP contribution in [-0.4, -0.2) is 47.9 Å². The number of esters is 1. The van der Waals surface area contributed by atoms with E-state index in [-0.39, 0.29) is 25.0 Å². The molecule has 2 aromatic carbocycles. The van der Waals surface area contributed by atoms with Crippen LogP contribution in [0.1, 0.15) is 134 Å². The second-order valence-electron chi connectivity index (χ2n) is 13.1.